The summed E-state index contributed by atoms with van der Waals surface area (Å²) < 4.78 is 27.5. The molecule has 2 aromatic rings. The van der Waals surface area contributed by atoms with E-state index in [1.807, 2.05) is 27.0 Å². The number of pyridine rings is 1. The van der Waals surface area contributed by atoms with E-state index in [9.17, 15) is 8.42 Å². The van der Waals surface area contributed by atoms with Crippen molar-refractivity contribution in [3.8, 4) is 0 Å². The van der Waals surface area contributed by atoms with Crippen LogP contribution < -0.4 is 10.0 Å². The molecule has 0 atom stereocenters. The topological polar surface area (TPSA) is 71.1 Å². The molecule has 0 radical (unpaired) electrons. The highest BCUT2D eigenvalue weighted by Crippen LogP contribution is 2.25. The van der Waals surface area contributed by atoms with Gasteiger partial charge in [-0.25, -0.2) is 13.1 Å². The molecular formula is C14H19N3O2S2. The predicted molar refractivity (Wildman–Crippen MR) is 84.8 cm³/mol. The number of aryl methyl sites for hydroxylation is 2. The second-order valence-electron chi connectivity index (χ2n) is 4.79. The van der Waals surface area contributed by atoms with Gasteiger partial charge in [0.15, 0.2) is 0 Å². The molecule has 0 saturated carbocycles. The number of hydrogen-bond acceptors (Lipinski definition) is 5. The number of nitrogens with zero attached hydrogens (tertiary/aromatic N) is 1. The summed E-state index contributed by atoms with van der Waals surface area (Å²) in [6, 6.07) is 3.60. The molecule has 0 aliphatic carbocycles. The van der Waals surface area contributed by atoms with Crippen LogP contribution in [0.3, 0.4) is 0 Å². The van der Waals surface area contributed by atoms with Crippen LogP contribution in [0.4, 0.5) is 0 Å². The van der Waals surface area contributed by atoms with Gasteiger partial charge in [0.2, 0.25) is 10.0 Å². The molecule has 0 aliphatic heterocycles. The molecule has 7 heteroatoms. The van der Waals surface area contributed by atoms with Crippen molar-refractivity contribution in [1.82, 2.24) is 15.0 Å². The summed E-state index contributed by atoms with van der Waals surface area (Å²) in [4.78, 5) is 6.19. The summed E-state index contributed by atoms with van der Waals surface area (Å²) >= 11 is 1.50. The number of rotatable bonds is 6. The fourth-order valence-corrected chi connectivity index (χ4v) is 4.64. The summed E-state index contributed by atoms with van der Waals surface area (Å²) in [5.74, 6) is 0. The molecule has 0 spiro atoms. The highest BCUT2D eigenvalue weighted by Gasteiger charge is 2.19. The van der Waals surface area contributed by atoms with Crippen molar-refractivity contribution in [2.45, 2.75) is 31.8 Å². The highest BCUT2D eigenvalue weighted by molar-refractivity contribution is 7.89. The van der Waals surface area contributed by atoms with Gasteiger partial charge in [0, 0.05) is 35.2 Å². The third kappa shape index (κ3) is 3.88. The van der Waals surface area contributed by atoms with Gasteiger partial charge in [-0.15, -0.1) is 11.3 Å². The van der Waals surface area contributed by atoms with E-state index in [0.717, 1.165) is 20.9 Å². The van der Waals surface area contributed by atoms with Crippen LogP contribution in [0.2, 0.25) is 0 Å². The highest BCUT2D eigenvalue weighted by atomic mass is 32.2. The van der Waals surface area contributed by atoms with Crippen molar-refractivity contribution in [3.63, 3.8) is 0 Å². The van der Waals surface area contributed by atoms with Gasteiger partial charge in [-0.05, 0) is 44.2 Å². The van der Waals surface area contributed by atoms with Gasteiger partial charge in [-0.2, -0.15) is 0 Å². The van der Waals surface area contributed by atoms with E-state index in [1.54, 1.807) is 18.5 Å². The Morgan fingerprint density at radius 3 is 2.71 bits per heavy atom. The molecule has 5 nitrogen and oxygen atoms in total. The summed E-state index contributed by atoms with van der Waals surface area (Å²) in [7, 11) is -1.66. The Bertz CT molecular complexity index is 724. The molecule has 2 aromatic heterocycles. The Balaban J connectivity index is 2.17. The standard InChI is InChI=1S/C14H19N3O2S2/c1-10-4-5-16-7-12(10)8-17-21(18,19)14-6-13(9-15-3)20-11(14)2/h4-7,15,17H,8-9H2,1-3H3. The van der Waals surface area contributed by atoms with Crippen molar-refractivity contribution in [3.05, 3.63) is 45.4 Å². The molecule has 114 valence electrons. The van der Waals surface area contributed by atoms with Gasteiger partial charge < -0.3 is 5.32 Å². The van der Waals surface area contributed by atoms with E-state index < -0.39 is 10.0 Å². The third-order valence-electron chi connectivity index (χ3n) is 3.16. The van der Waals surface area contributed by atoms with Gasteiger partial charge in [-0.3, -0.25) is 4.98 Å². The maximum Gasteiger partial charge on any atom is 0.241 e. The second-order valence-corrected chi connectivity index (χ2v) is 7.87. The van der Waals surface area contributed by atoms with Crippen LogP contribution in [0.25, 0.3) is 0 Å². The van der Waals surface area contributed by atoms with Crippen molar-refractivity contribution in [1.29, 1.82) is 0 Å². The van der Waals surface area contributed by atoms with Crippen LogP contribution in [0, 0.1) is 13.8 Å². The van der Waals surface area contributed by atoms with Crippen LogP contribution in [0.15, 0.2) is 29.4 Å². The lowest BCUT2D eigenvalue weighted by Crippen LogP contribution is -2.23. The smallest absolute Gasteiger partial charge is 0.241 e. The lowest BCUT2D eigenvalue weighted by Gasteiger charge is -2.08. The zero-order valence-corrected chi connectivity index (χ0v) is 13.9. The van der Waals surface area contributed by atoms with Crippen LogP contribution in [0.5, 0.6) is 0 Å². The Morgan fingerprint density at radius 2 is 2.05 bits per heavy atom. The average Bonchev–Trinajstić information content (AvgIpc) is 2.80. The monoisotopic (exact) mass is 325 g/mol. The van der Waals surface area contributed by atoms with Crippen LogP contribution in [0.1, 0.15) is 20.9 Å². The molecule has 0 amide bonds. The largest absolute Gasteiger partial charge is 0.315 e. The minimum absolute atomic E-state index is 0.249. The van der Waals surface area contributed by atoms with E-state index >= 15 is 0 Å². The number of nitrogens with one attached hydrogen (secondary N) is 2. The van der Waals surface area contributed by atoms with Crippen molar-refractivity contribution in [2.24, 2.45) is 0 Å². The van der Waals surface area contributed by atoms with Crippen LogP contribution >= 0.6 is 11.3 Å². The first-order valence-electron chi connectivity index (χ1n) is 6.57. The number of sulfonamides is 1. The molecule has 0 aromatic carbocycles. The molecule has 2 N–H and O–H groups in total. The van der Waals surface area contributed by atoms with Crippen LogP contribution in [-0.4, -0.2) is 20.4 Å². The van der Waals surface area contributed by atoms with Gasteiger partial charge in [0.05, 0.1) is 4.90 Å². The number of aromatic nitrogens is 1. The molecule has 0 unspecified atom stereocenters. The van der Waals surface area contributed by atoms with Crippen molar-refractivity contribution >= 4 is 21.4 Å². The SMILES string of the molecule is CNCc1cc(S(=O)(=O)NCc2cnccc2C)c(C)s1. The molecule has 0 fully saturated rings. The summed E-state index contributed by atoms with van der Waals surface area (Å²) in [5, 5.41) is 3.03. The third-order valence-corrected chi connectivity index (χ3v) is 5.87. The van der Waals surface area contributed by atoms with Gasteiger partial charge in [0.1, 0.15) is 0 Å². The first kappa shape index (κ1) is 16.1. The van der Waals surface area contributed by atoms with Gasteiger partial charge >= 0.3 is 0 Å². The van der Waals surface area contributed by atoms with E-state index in [-0.39, 0.29) is 6.54 Å². The van der Waals surface area contributed by atoms with Gasteiger partial charge in [0.25, 0.3) is 0 Å². The lowest BCUT2D eigenvalue weighted by molar-refractivity contribution is 0.581. The quantitative estimate of drug-likeness (QED) is 0.852. The molecular weight excluding hydrogens is 306 g/mol. The summed E-state index contributed by atoms with van der Waals surface area (Å²) in [5.41, 5.74) is 1.90. The summed E-state index contributed by atoms with van der Waals surface area (Å²) in [6.45, 7) is 4.68. The first-order chi connectivity index (χ1) is 9.94. The second kappa shape index (κ2) is 6.65. The Kier molecular flexibility index (Phi) is 5.10. The lowest BCUT2D eigenvalue weighted by atomic mass is 10.2. The van der Waals surface area contributed by atoms with Crippen molar-refractivity contribution < 1.29 is 8.42 Å². The average molecular weight is 325 g/mol. The van der Waals surface area contributed by atoms with Crippen molar-refractivity contribution in [2.75, 3.05) is 7.05 Å². The van der Waals surface area contributed by atoms with E-state index in [2.05, 4.69) is 15.0 Å². The maximum atomic E-state index is 12.4. The molecule has 2 rings (SSSR count). The van der Waals surface area contributed by atoms with E-state index in [4.69, 9.17) is 0 Å². The Labute approximate surface area is 129 Å². The van der Waals surface area contributed by atoms with E-state index in [0.29, 0.717) is 11.4 Å². The zero-order chi connectivity index (χ0) is 15.5. The number of thiophene rings is 1. The Morgan fingerprint density at radius 1 is 1.29 bits per heavy atom. The normalized spacial score (nSPS) is 11.8. The minimum Gasteiger partial charge on any atom is -0.315 e. The minimum atomic E-state index is -3.50. The maximum absolute atomic E-state index is 12.4. The van der Waals surface area contributed by atoms with E-state index in [1.165, 1.54) is 11.3 Å². The molecule has 21 heavy (non-hydrogen) atoms. The molecule has 0 aliphatic rings. The van der Waals surface area contributed by atoms with Crippen LogP contribution in [-0.2, 0) is 23.1 Å². The fourth-order valence-electron chi connectivity index (χ4n) is 1.98. The Hall–Kier alpha value is -1.28. The molecule has 0 bridgehead atoms. The molecule has 2 heterocycles. The zero-order valence-electron chi connectivity index (χ0n) is 12.3. The predicted octanol–water partition coefficient (Wildman–Crippen LogP) is 1.96. The first-order valence-corrected chi connectivity index (χ1v) is 8.87. The van der Waals surface area contributed by atoms with Gasteiger partial charge in [-0.1, -0.05) is 0 Å². The summed E-state index contributed by atoms with van der Waals surface area (Å²) in [6.07, 6.45) is 3.38. The molecule has 0 saturated heterocycles. The number of hydrogen-bond donors (Lipinski definition) is 2. The fraction of sp³-hybridized carbons (Fsp3) is 0.357.